The smallest absolute Gasteiger partial charge is 0.326 e. The molecule has 2 aromatic carbocycles. The van der Waals surface area contributed by atoms with Gasteiger partial charge in [-0.05, 0) is 29.2 Å². The number of hydrogen-bond acceptors (Lipinski definition) is 4. The molecule has 0 radical (unpaired) electrons. The Labute approximate surface area is 208 Å². The topological polar surface area (TPSA) is 153 Å². The molecule has 0 aliphatic carbocycles. The van der Waals surface area contributed by atoms with Gasteiger partial charge < -0.3 is 31.4 Å². The molecule has 0 spiro atoms. The molecule has 0 saturated heterocycles. The fourth-order valence-corrected chi connectivity index (χ4v) is 4.29. The van der Waals surface area contributed by atoms with Crippen LogP contribution in [-0.4, -0.2) is 51.0 Å². The van der Waals surface area contributed by atoms with Crippen molar-refractivity contribution in [2.45, 2.75) is 44.8 Å². The first-order chi connectivity index (χ1) is 17.2. The number of carboxylic acids is 1. The summed E-state index contributed by atoms with van der Waals surface area (Å²) < 4.78 is 0. The third-order valence-electron chi connectivity index (χ3n) is 6.47. The molecule has 2 heterocycles. The number of aromatic amines is 2. The van der Waals surface area contributed by atoms with Gasteiger partial charge in [-0.15, -0.1) is 0 Å². The first-order valence-electron chi connectivity index (χ1n) is 11.9. The van der Waals surface area contributed by atoms with Crippen LogP contribution in [0.5, 0.6) is 0 Å². The number of para-hydroxylation sites is 2. The van der Waals surface area contributed by atoms with E-state index in [1.165, 1.54) is 0 Å². The molecular weight excluding hydrogens is 458 g/mol. The van der Waals surface area contributed by atoms with E-state index in [1.807, 2.05) is 62.4 Å². The molecule has 188 valence electrons. The predicted molar refractivity (Wildman–Crippen MR) is 138 cm³/mol. The zero-order valence-corrected chi connectivity index (χ0v) is 20.2. The maximum Gasteiger partial charge on any atom is 0.326 e. The molecule has 4 rings (SSSR count). The average Bonchev–Trinajstić information content (AvgIpc) is 3.46. The molecule has 4 aromatic rings. The van der Waals surface area contributed by atoms with Crippen LogP contribution in [0.4, 0.5) is 0 Å². The van der Waals surface area contributed by atoms with Gasteiger partial charge in [-0.2, -0.15) is 0 Å². The van der Waals surface area contributed by atoms with Gasteiger partial charge in [-0.25, -0.2) is 4.79 Å². The van der Waals surface area contributed by atoms with Crippen LogP contribution in [0.25, 0.3) is 21.8 Å². The summed E-state index contributed by atoms with van der Waals surface area (Å²) in [5.41, 5.74) is 9.41. The van der Waals surface area contributed by atoms with Gasteiger partial charge in [0.2, 0.25) is 11.8 Å². The zero-order chi connectivity index (χ0) is 25.8. The minimum absolute atomic E-state index is 0.0876. The van der Waals surface area contributed by atoms with Gasteiger partial charge in [0.05, 0.1) is 6.04 Å². The summed E-state index contributed by atoms with van der Waals surface area (Å²) in [4.78, 5) is 44.5. The highest BCUT2D eigenvalue weighted by atomic mass is 16.4. The van der Waals surface area contributed by atoms with Crippen LogP contribution >= 0.6 is 0 Å². The number of carbonyl (C=O) groups excluding carboxylic acids is 2. The Kier molecular flexibility index (Phi) is 7.40. The lowest BCUT2D eigenvalue weighted by molar-refractivity contribution is -0.142. The standard InChI is InChI=1S/C27H31N5O4/c1-15(2)24(28)26(34)31-22(11-16-13-29-20-9-5-3-7-18(16)20)25(33)32-23(27(35)36)12-17-14-30-21-10-6-4-8-19(17)21/h3-10,13-15,22-24,29-30H,11-12,28H2,1-2H3,(H,31,34)(H,32,33)(H,35,36). The fraction of sp³-hybridized carbons (Fsp3) is 0.296. The normalized spacial score (nSPS) is 14.0. The Morgan fingerprint density at radius 1 is 0.806 bits per heavy atom. The molecule has 3 atom stereocenters. The number of benzene rings is 2. The molecule has 36 heavy (non-hydrogen) atoms. The molecule has 9 heteroatoms. The number of rotatable bonds is 10. The zero-order valence-electron chi connectivity index (χ0n) is 20.2. The Bertz CT molecular complexity index is 1390. The number of hydrogen-bond donors (Lipinski definition) is 6. The maximum absolute atomic E-state index is 13.4. The third-order valence-corrected chi connectivity index (χ3v) is 6.47. The molecule has 2 amide bonds. The van der Waals surface area contributed by atoms with Crippen molar-refractivity contribution < 1.29 is 19.5 Å². The van der Waals surface area contributed by atoms with E-state index in [0.29, 0.717) is 0 Å². The molecule has 0 bridgehead atoms. The van der Waals surface area contributed by atoms with Crippen LogP contribution < -0.4 is 16.4 Å². The summed E-state index contributed by atoms with van der Waals surface area (Å²) in [5, 5.41) is 17.1. The first kappa shape index (κ1) is 25.0. The van der Waals surface area contributed by atoms with E-state index in [0.717, 1.165) is 32.9 Å². The second-order valence-electron chi connectivity index (χ2n) is 9.36. The summed E-state index contributed by atoms with van der Waals surface area (Å²) in [6, 6.07) is 12.2. The monoisotopic (exact) mass is 489 g/mol. The van der Waals surface area contributed by atoms with Crippen LogP contribution in [0.3, 0.4) is 0 Å². The van der Waals surface area contributed by atoms with Crippen LogP contribution in [0, 0.1) is 5.92 Å². The van der Waals surface area contributed by atoms with E-state index >= 15 is 0 Å². The Balaban J connectivity index is 1.57. The summed E-state index contributed by atoms with van der Waals surface area (Å²) >= 11 is 0. The number of nitrogens with two attached hydrogens (primary N) is 1. The summed E-state index contributed by atoms with van der Waals surface area (Å²) in [7, 11) is 0. The highest BCUT2D eigenvalue weighted by Gasteiger charge is 2.30. The number of nitrogens with one attached hydrogen (secondary N) is 4. The van der Waals surface area contributed by atoms with Gasteiger partial charge >= 0.3 is 5.97 Å². The van der Waals surface area contributed by atoms with E-state index in [9.17, 15) is 19.5 Å². The third kappa shape index (κ3) is 5.41. The SMILES string of the molecule is CC(C)C(N)C(=O)NC(Cc1c[nH]c2ccccc12)C(=O)NC(Cc1c[nH]c2ccccc12)C(=O)O. The number of aromatic nitrogens is 2. The van der Waals surface area contributed by atoms with Crippen molar-refractivity contribution in [1.29, 1.82) is 0 Å². The molecule has 0 fully saturated rings. The summed E-state index contributed by atoms with van der Waals surface area (Å²) in [6.45, 7) is 3.64. The highest BCUT2D eigenvalue weighted by molar-refractivity contribution is 5.93. The van der Waals surface area contributed by atoms with E-state index in [1.54, 1.807) is 12.4 Å². The number of carboxylic acid groups (broad SMARTS) is 1. The molecule has 0 saturated carbocycles. The second kappa shape index (κ2) is 10.7. The van der Waals surface area contributed by atoms with Crippen molar-refractivity contribution >= 4 is 39.6 Å². The van der Waals surface area contributed by atoms with Crippen molar-refractivity contribution in [3.63, 3.8) is 0 Å². The van der Waals surface area contributed by atoms with Crippen LogP contribution in [-0.2, 0) is 27.2 Å². The van der Waals surface area contributed by atoms with Crippen molar-refractivity contribution in [1.82, 2.24) is 20.6 Å². The van der Waals surface area contributed by atoms with Gasteiger partial charge in [-0.1, -0.05) is 50.2 Å². The lowest BCUT2D eigenvalue weighted by Crippen LogP contribution is -2.56. The second-order valence-corrected chi connectivity index (χ2v) is 9.36. The number of amides is 2. The number of fused-ring (bicyclic) bond motifs is 2. The Hall–Kier alpha value is -4.11. The minimum atomic E-state index is -1.18. The summed E-state index contributed by atoms with van der Waals surface area (Å²) in [5.74, 6) is -2.34. The predicted octanol–water partition coefficient (Wildman–Crippen LogP) is 2.47. The lowest BCUT2D eigenvalue weighted by atomic mass is 10.0. The molecular formula is C27H31N5O4. The van der Waals surface area contributed by atoms with E-state index < -0.39 is 35.9 Å². The van der Waals surface area contributed by atoms with Crippen molar-refractivity contribution in [2.24, 2.45) is 11.7 Å². The van der Waals surface area contributed by atoms with E-state index in [4.69, 9.17) is 5.73 Å². The van der Waals surface area contributed by atoms with Crippen LogP contribution in [0.2, 0.25) is 0 Å². The highest BCUT2D eigenvalue weighted by Crippen LogP contribution is 2.21. The van der Waals surface area contributed by atoms with Crippen LogP contribution in [0.1, 0.15) is 25.0 Å². The average molecular weight is 490 g/mol. The molecule has 0 aliphatic heterocycles. The first-order valence-corrected chi connectivity index (χ1v) is 11.9. The number of aliphatic carboxylic acids is 1. The van der Waals surface area contributed by atoms with Crippen molar-refractivity contribution in [3.8, 4) is 0 Å². The van der Waals surface area contributed by atoms with Gasteiger partial charge in [-0.3, -0.25) is 9.59 Å². The molecule has 3 unspecified atom stereocenters. The fourth-order valence-electron chi connectivity index (χ4n) is 4.29. The van der Waals surface area contributed by atoms with E-state index in [2.05, 4.69) is 20.6 Å². The quantitative estimate of drug-likeness (QED) is 0.202. The number of carbonyl (C=O) groups is 3. The van der Waals surface area contributed by atoms with Gasteiger partial charge in [0.25, 0.3) is 0 Å². The van der Waals surface area contributed by atoms with Gasteiger partial charge in [0, 0.05) is 47.0 Å². The summed E-state index contributed by atoms with van der Waals surface area (Å²) in [6.07, 6.45) is 3.80. The largest absolute Gasteiger partial charge is 0.480 e. The molecule has 9 nitrogen and oxygen atoms in total. The molecule has 2 aromatic heterocycles. The van der Waals surface area contributed by atoms with Gasteiger partial charge in [0.1, 0.15) is 12.1 Å². The van der Waals surface area contributed by atoms with Crippen molar-refractivity contribution in [2.75, 3.05) is 0 Å². The van der Waals surface area contributed by atoms with Crippen molar-refractivity contribution in [3.05, 3.63) is 72.1 Å². The Morgan fingerprint density at radius 2 is 1.28 bits per heavy atom. The Morgan fingerprint density at radius 3 is 1.78 bits per heavy atom. The lowest BCUT2D eigenvalue weighted by Gasteiger charge is -2.24. The minimum Gasteiger partial charge on any atom is -0.480 e. The molecule has 7 N–H and O–H groups in total. The molecule has 0 aliphatic rings. The van der Waals surface area contributed by atoms with Crippen LogP contribution in [0.15, 0.2) is 60.9 Å². The van der Waals surface area contributed by atoms with Gasteiger partial charge in [0.15, 0.2) is 0 Å². The van der Waals surface area contributed by atoms with E-state index in [-0.39, 0.29) is 18.8 Å². The maximum atomic E-state index is 13.4. The number of H-pyrrole nitrogens is 2.